The van der Waals surface area contributed by atoms with Crippen LogP contribution in [0.25, 0.3) is 0 Å². The first-order chi connectivity index (χ1) is 11.0. The second-order valence-electron chi connectivity index (χ2n) is 5.08. The number of carbonyl (C=O) groups excluding carboxylic acids is 1. The molecule has 0 saturated carbocycles. The van der Waals surface area contributed by atoms with Crippen molar-refractivity contribution in [2.24, 2.45) is 11.0 Å². The Kier molecular flexibility index (Phi) is 5.64. The third-order valence-electron chi connectivity index (χ3n) is 3.36. The number of nitrogens with zero attached hydrogens (tertiary/aromatic N) is 2. The van der Waals surface area contributed by atoms with Crippen LogP contribution in [0.2, 0.25) is 10.0 Å². The van der Waals surface area contributed by atoms with Gasteiger partial charge in [0.1, 0.15) is 5.84 Å². The molecule has 0 saturated heterocycles. The molecule has 1 aliphatic heterocycles. The second-order valence-corrected chi connectivity index (χ2v) is 5.90. The van der Waals surface area contributed by atoms with Gasteiger partial charge in [-0.2, -0.15) is 5.10 Å². The summed E-state index contributed by atoms with van der Waals surface area (Å²) in [7, 11) is 0. The summed E-state index contributed by atoms with van der Waals surface area (Å²) in [4.78, 5) is 12.2. The number of carbonyl (C=O) groups is 1. The van der Waals surface area contributed by atoms with Gasteiger partial charge >= 0.3 is 0 Å². The predicted molar refractivity (Wildman–Crippen MR) is 97.0 cm³/mol. The maximum absolute atomic E-state index is 12.2. The first kappa shape index (κ1) is 17.3. The molecular formula is C17H17Cl2N3O. The van der Waals surface area contributed by atoms with Crippen LogP contribution in [0.4, 0.5) is 5.69 Å². The summed E-state index contributed by atoms with van der Waals surface area (Å²) in [6.07, 6.45) is 4.62. The van der Waals surface area contributed by atoms with Crippen LogP contribution in [0, 0.1) is 5.92 Å². The van der Waals surface area contributed by atoms with Gasteiger partial charge in [0.05, 0.1) is 22.3 Å². The zero-order valence-electron chi connectivity index (χ0n) is 12.7. The van der Waals surface area contributed by atoms with Crippen molar-refractivity contribution in [3.63, 3.8) is 0 Å². The SMILES string of the molecule is C=C/C=C(\C=C)C(=O)NC1=NN(c2ccc(Cl)c(Cl)c2)CC1C. The average molecular weight is 350 g/mol. The van der Waals surface area contributed by atoms with Gasteiger partial charge < -0.3 is 5.32 Å². The highest BCUT2D eigenvalue weighted by Gasteiger charge is 2.25. The molecular weight excluding hydrogens is 333 g/mol. The summed E-state index contributed by atoms with van der Waals surface area (Å²) in [6, 6.07) is 5.30. The van der Waals surface area contributed by atoms with E-state index in [9.17, 15) is 4.79 Å². The predicted octanol–water partition coefficient (Wildman–Crippen LogP) is 4.18. The van der Waals surface area contributed by atoms with Crippen LogP contribution >= 0.6 is 23.2 Å². The highest BCUT2D eigenvalue weighted by Crippen LogP contribution is 2.29. The highest BCUT2D eigenvalue weighted by molar-refractivity contribution is 6.42. The molecule has 120 valence electrons. The van der Waals surface area contributed by atoms with E-state index in [1.807, 2.05) is 13.0 Å². The normalized spacial score (nSPS) is 17.7. The monoisotopic (exact) mass is 349 g/mol. The summed E-state index contributed by atoms with van der Waals surface area (Å²) in [6.45, 7) is 9.83. The molecule has 0 spiro atoms. The molecule has 0 bridgehead atoms. The van der Waals surface area contributed by atoms with Crippen molar-refractivity contribution in [2.45, 2.75) is 6.92 Å². The van der Waals surface area contributed by atoms with Crippen molar-refractivity contribution in [1.82, 2.24) is 5.32 Å². The number of halogens is 2. The van der Waals surface area contributed by atoms with Crippen LogP contribution in [0.15, 0.2) is 60.3 Å². The van der Waals surface area contributed by atoms with Gasteiger partial charge in [0, 0.05) is 11.5 Å². The molecule has 6 heteroatoms. The van der Waals surface area contributed by atoms with Crippen molar-refractivity contribution in [2.75, 3.05) is 11.6 Å². The van der Waals surface area contributed by atoms with Crippen molar-refractivity contribution in [1.29, 1.82) is 0 Å². The van der Waals surface area contributed by atoms with Gasteiger partial charge in [-0.25, -0.2) is 0 Å². The topological polar surface area (TPSA) is 44.7 Å². The van der Waals surface area contributed by atoms with Gasteiger partial charge in [-0.05, 0) is 18.2 Å². The lowest BCUT2D eigenvalue weighted by atomic mass is 10.1. The summed E-state index contributed by atoms with van der Waals surface area (Å²) < 4.78 is 0. The van der Waals surface area contributed by atoms with Gasteiger partial charge in [0.2, 0.25) is 0 Å². The van der Waals surface area contributed by atoms with E-state index in [2.05, 4.69) is 23.6 Å². The summed E-state index contributed by atoms with van der Waals surface area (Å²) in [5.74, 6) is 0.405. The minimum Gasteiger partial charge on any atom is -0.308 e. The fourth-order valence-electron chi connectivity index (χ4n) is 2.12. The number of hydrazone groups is 1. The van der Waals surface area contributed by atoms with E-state index in [4.69, 9.17) is 23.2 Å². The number of hydrogen-bond donors (Lipinski definition) is 1. The largest absolute Gasteiger partial charge is 0.308 e. The van der Waals surface area contributed by atoms with Crippen LogP contribution in [-0.2, 0) is 4.79 Å². The fraction of sp³-hybridized carbons (Fsp3) is 0.176. The van der Waals surface area contributed by atoms with E-state index in [1.54, 1.807) is 29.3 Å². The van der Waals surface area contributed by atoms with Crippen LogP contribution in [-0.4, -0.2) is 18.3 Å². The average Bonchev–Trinajstić information content (AvgIpc) is 2.88. The molecule has 1 atom stereocenters. The van der Waals surface area contributed by atoms with E-state index < -0.39 is 0 Å². The van der Waals surface area contributed by atoms with Crippen molar-refractivity contribution in [3.05, 3.63) is 65.2 Å². The van der Waals surface area contributed by atoms with Gasteiger partial charge in [0.15, 0.2) is 0 Å². The van der Waals surface area contributed by atoms with Gasteiger partial charge in [0.25, 0.3) is 5.91 Å². The van der Waals surface area contributed by atoms with E-state index in [-0.39, 0.29) is 11.8 Å². The quantitative estimate of drug-likeness (QED) is 0.654. The lowest BCUT2D eigenvalue weighted by molar-refractivity contribution is -0.115. The smallest absolute Gasteiger partial charge is 0.256 e. The number of benzene rings is 1. The van der Waals surface area contributed by atoms with Crippen molar-refractivity contribution >= 4 is 40.6 Å². The van der Waals surface area contributed by atoms with Gasteiger partial charge in [-0.15, -0.1) is 0 Å². The first-order valence-electron chi connectivity index (χ1n) is 7.04. The number of amides is 1. The molecule has 1 aliphatic rings. The molecule has 2 rings (SSSR count). The Morgan fingerprint density at radius 3 is 2.74 bits per heavy atom. The van der Waals surface area contributed by atoms with Gasteiger partial charge in [-0.1, -0.05) is 61.5 Å². The summed E-state index contributed by atoms with van der Waals surface area (Å²) >= 11 is 12.0. The Balaban J connectivity index is 2.18. The molecule has 1 heterocycles. The fourth-order valence-corrected chi connectivity index (χ4v) is 2.42. The number of amidine groups is 1. The Morgan fingerprint density at radius 2 is 2.13 bits per heavy atom. The van der Waals surface area contributed by atoms with Crippen LogP contribution in [0.1, 0.15) is 6.92 Å². The lowest BCUT2D eigenvalue weighted by Crippen LogP contribution is -2.34. The Morgan fingerprint density at radius 1 is 1.39 bits per heavy atom. The third kappa shape index (κ3) is 4.03. The zero-order chi connectivity index (χ0) is 17.0. The first-order valence-corrected chi connectivity index (χ1v) is 7.79. The van der Waals surface area contributed by atoms with Crippen LogP contribution in [0.5, 0.6) is 0 Å². The molecule has 1 unspecified atom stereocenters. The van der Waals surface area contributed by atoms with Crippen LogP contribution in [0.3, 0.4) is 0 Å². The van der Waals surface area contributed by atoms with E-state index in [1.165, 1.54) is 6.08 Å². The van der Waals surface area contributed by atoms with E-state index >= 15 is 0 Å². The van der Waals surface area contributed by atoms with Gasteiger partial charge in [-0.3, -0.25) is 9.80 Å². The van der Waals surface area contributed by atoms with E-state index in [0.29, 0.717) is 28.0 Å². The Labute approximate surface area is 145 Å². The number of anilines is 1. The van der Waals surface area contributed by atoms with E-state index in [0.717, 1.165) is 5.69 Å². The number of hydrogen-bond acceptors (Lipinski definition) is 3. The standard InChI is InChI=1S/C17H17Cl2N3O/c1-4-6-12(5-2)17(23)20-16-11(3)10-22(21-16)13-7-8-14(18)15(19)9-13/h4-9,11H,1-2,10H2,3H3,(H,20,21,23)/b12-6+. The highest BCUT2D eigenvalue weighted by atomic mass is 35.5. The molecule has 1 aromatic rings. The van der Waals surface area contributed by atoms with Crippen molar-refractivity contribution < 1.29 is 4.79 Å². The molecule has 0 aromatic heterocycles. The second kappa shape index (κ2) is 7.49. The van der Waals surface area contributed by atoms with Crippen LogP contribution < -0.4 is 10.3 Å². The molecule has 4 nitrogen and oxygen atoms in total. The third-order valence-corrected chi connectivity index (χ3v) is 4.10. The molecule has 0 radical (unpaired) electrons. The summed E-state index contributed by atoms with van der Waals surface area (Å²) in [5.41, 5.74) is 1.25. The summed E-state index contributed by atoms with van der Waals surface area (Å²) in [5, 5.41) is 10.0. The molecule has 23 heavy (non-hydrogen) atoms. The minimum absolute atomic E-state index is 0.0724. The number of allylic oxidation sites excluding steroid dienone is 2. The molecule has 1 amide bonds. The Hall–Kier alpha value is -2.04. The van der Waals surface area contributed by atoms with Crippen molar-refractivity contribution in [3.8, 4) is 0 Å². The lowest BCUT2D eigenvalue weighted by Gasteiger charge is -2.14. The molecule has 1 N–H and O–H groups in total. The maximum Gasteiger partial charge on any atom is 0.256 e. The molecule has 1 aromatic carbocycles. The number of nitrogens with one attached hydrogen (secondary N) is 1. The number of rotatable bonds is 4. The molecule has 0 aliphatic carbocycles. The zero-order valence-corrected chi connectivity index (χ0v) is 14.2. The molecule has 0 fully saturated rings. The minimum atomic E-state index is -0.263. The Bertz CT molecular complexity index is 710. The maximum atomic E-state index is 12.2.